The van der Waals surface area contributed by atoms with E-state index in [1.54, 1.807) is 40.1 Å². The van der Waals surface area contributed by atoms with Gasteiger partial charge < -0.3 is 15.4 Å². The predicted molar refractivity (Wildman–Crippen MR) is 91.7 cm³/mol. The molecule has 0 spiro atoms. The van der Waals surface area contributed by atoms with Crippen LogP contribution in [-0.4, -0.2) is 30.4 Å². The summed E-state index contributed by atoms with van der Waals surface area (Å²) >= 11 is 0. The summed E-state index contributed by atoms with van der Waals surface area (Å²) in [7, 11) is 0. The predicted octanol–water partition coefficient (Wildman–Crippen LogP) is 4.00. The van der Waals surface area contributed by atoms with Gasteiger partial charge in [0.1, 0.15) is 5.75 Å². The van der Waals surface area contributed by atoms with Crippen molar-refractivity contribution in [2.24, 2.45) is 0 Å². The first-order valence-electron chi connectivity index (χ1n) is 8.08. The van der Waals surface area contributed by atoms with Crippen molar-refractivity contribution in [3.63, 3.8) is 0 Å². The van der Waals surface area contributed by atoms with Gasteiger partial charge in [0.15, 0.2) is 0 Å². The van der Waals surface area contributed by atoms with E-state index in [0.29, 0.717) is 24.3 Å². The number of urea groups is 1. The second-order valence-corrected chi connectivity index (χ2v) is 6.00. The number of hydrogen-bond acceptors (Lipinski definition) is 3. The SMILES string of the molecule is Nc1ccc(N2CCCN(Cc3cccc(OC(F)(F)F)c3)C2=O)cc1. The molecule has 0 atom stereocenters. The highest BCUT2D eigenvalue weighted by Gasteiger charge is 2.31. The van der Waals surface area contributed by atoms with Gasteiger partial charge in [-0.05, 0) is 48.4 Å². The Hall–Kier alpha value is -2.90. The minimum Gasteiger partial charge on any atom is -0.406 e. The maximum absolute atomic E-state index is 12.7. The topological polar surface area (TPSA) is 58.8 Å². The number of hydrogen-bond donors (Lipinski definition) is 1. The molecule has 1 aliphatic rings. The standard InChI is InChI=1S/C18H18F3N3O2/c19-18(20,21)26-16-4-1-3-13(11-16)12-23-9-2-10-24(17(23)25)15-7-5-14(22)6-8-15/h1,3-8,11H,2,9-10,12,22H2. The van der Waals surface area contributed by atoms with Crippen LogP contribution in [0.2, 0.25) is 0 Å². The van der Waals surface area contributed by atoms with Crippen LogP contribution >= 0.6 is 0 Å². The summed E-state index contributed by atoms with van der Waals surface area (Å²) in [6.07, 6.45) is -3.99. The minimum absolute atomic E-state index is 0.192. The molecule has 8 heteroatoms. The molecule has 2 amide bonds. The molecule has 0 bridgehead atoms. The van der Waals surface area contributed by atoms with E-state index in [0.717, 1.165) is 12.1 Å². The largest absolute Gasteiger partial charge is 0.573 e. The maximum Gasteiger partial charge on any atom is 0.573 e. The highest BCUT2D eigenvalue weighted by molar-refractivity contribution is 5.92. The average Bonchev–Trinajstić information content (AvgIpc) is 2.57. The van der Waals surface area contributed by atoms with Gasteiger partial charge in [-0.15, -0.1) is 13.2 Å². The Kier molecular flexibility index (Phi) is 4.92. The zero-order chi connectivity index (χ0) is 18.7. The van der Waals surface area contributed by atoms with E-state index < -0.39 is 6.36 Å². The van der Waals surface area contributed by atoms with Gasteiger partial charge in [0, 0.05) is 31.0 Å². The third-order valence-corrected chi connectivity index (χ3v) is 4.02. The number of ether oxygens (including phenoxy) is 1. The normalized spacial score (nSPS) is 15.3. The molecule has 0 aromatic heterocycles. The molecule has 138 valence electrons. The third kappa shape index (κ3) is 4.38. The highest BCUT2D eigenvalue weighted by atomic mass is 19.4. The fourth-order valence-electron chi connectivity index (χ4n) is 2.88. The molecule has 1 heterocycles. The second kappa shape index (κ2) is 7.15. The van der Waals surface area contributed by atoms with Crippen molar-refractivity contribution in [3.05, 3.63) is 54.1 Å². The second-order valence-electron chi connectivity index (χ2n) is 6.00. The monoisotopic (exact) mass is 365 g/mol. The molecule has 1 saturated heterocycles. The summed E-state index contributed by atoms with van der Waals surface area (Å²) in [6.45, 7) is 1.32. The molecule has 3 rings (SSSR count). The number of anilines is 2. The van der Waals surface area contributed by atoms with E-state index >= 15 is 0 Å². The number of nitrogen functional groups attached to an aromatic ring is 1. The fraction of sp³-hybridized carbons (Fsp3) is 0.278. The number of carbonyl (C=O) groups is 1. The molecular weight excluding hydrogens is 347 g/mol. The quantitative estimate of drug-likeness (QED) is 0.833. The smallest absolute Gasteiger partial charge is 0.406 e. The first-order valence-corrected chi connectivity index (χ1v) is 8.08. The zero-order valence-electron chi connectivity index (χ0n) is 13.9. The van der Waals surface area contributed by atoms with Gasteiger partial charge in [-0.1, -0.05) is 12.1 Å². The van der Waals surface area contributed by atoms with E-state index in [2.05, 4.69) is 4.74 Å². The van der Waals surface area contributed by atoms with Crippen LogP contribution in [-0.2, 0) is 6.54 Å². The summed E-state index contributed by atoms with van der Waals surface area (Å²) < 4.78 is 41.0. The lowest BCUT2D eigenvalue weighted by atomic mass is 10.1. The number of nitrogens with two attached hydrogens (primary N) is 1. The molecular formula is C18H18F3N3O2. The molecule has 26 heavy (non-hydrogen) atoms. The van der Waals surface area contributed by atoms with Gasteiger partial charge in [-0.25, -0.2) is 4.79 Å². The Morgan fingerprint density at radius 3 is 2.50 bits per heavy atom. The fourth-order valence-corrected chi connectivity index (χ4v) is 2.88. The molecule has 1 fully saturated rings. The summed E-state index contributed by atoms with van der Waals surface area (Å²) in [4.78, 5) is 16.0. The average molecular weight is 365 g/mol. The Bertz CT molecular complexity index is 778. The number of amides is 2. The Morgan fingerprint density at radius 2 is 1.81 bits per heavy atom. The van der Waals surface area contributed by atoms with Crippen molar-refractivity contribution in [2.75, 3.05) is 23.7 Å². The van der Waals surface area contributed by atoms with Crippen LogP contribution in [0.15, 0.2) is 48.5 Å². The Balaban J connectivity index is 1.72. The van der Waals surface area contributed by atoms with E-state index in [-0.39, 0.29) is 18.3 Å². The highest BCUT2D eigenvalue weighted by Crippen LogP contribution is 2.26. The molecule has 0 radical (unpaired) electrons. The summed E-state index contributed by atoms with van der Waals surface area (Å²) in [5, 5.41) is 0. The van der Waals surface area contributed by atoms with E-state index in [9.17, 15) is 18.0 Å². The number of carbonyl (C=O) groups excluding carboxylic acids is 1. The maximum atomic E-state index is 12.7. The molecule has 0 saturated carbocycles. The lowest BCUT2D eigenvalue weighted by molar-refractivity contribution is -0.274. The summed E-state index contributed by atoms with van der Waals surface area (Å²) in [5.74, 6) is -0.296. The van der Waals surface area contributed by atoms with Crippen LogP contribution in [0.4, 0.5) is 29.3 Å². The van der Waals surface area contributed by atoms with Gasteiger partial charge in [0.05, 0.1) is 0 Å². The van der Waals surface area contributed by atoms with E-state index in [1.807, 2.05) is 0 Å². The van der Waals surface area contributed by atoms with Gasteiger partial charge in [-0.2, -0.15) is 0 Å². The molecule has 2 aromatic rings. The summed E-state index contributed by atoms with van der Waals surface area (Å²) in [6, 6.07) is 12.5. The lowest BCUT2D eigenvalue weighted by Crippen LogP contribution is -2.49. The summed E-state index contributed by atoms with van der Waals surface area (Å²) in [5.41, 5.74) is 7.59. The molecule has 2 aromatic carbocycles. The Morgan fingerprint density at radius 1 is 1.08 bits per heavy atom. The van der Waals surface area contributed by atoms with Crippen molar-refractivity contribution >= 4 is 17.4 Å². The van der Waals surface area contributed by atoms with Crippen molar-refractivity contribution < 1.29 is 22.7 Å². The first-order chi connectivity index (χ1) is 12.3. The van der Waals surface area contributed by atoms with Crippen LogP contribution in [0.5, 0.6) is 5.75 Å². The van der Waals surface area contributed by atoms with Crippen molar-refractivity contribution in [3.8, 4) is 5.75 Å². The van der Waals surface area contributed by atoms with Crippen LogP contribution in [0, 0.1) is 0 Å². The lowest BCUT2D eigenvalue weighted by Gasteiger charge is -2.35. The van der Waals surface area contributed by atoms with E-state index in [1.165, 1.54) is 18.2 Å². The Labute approximate surface area is 148 Å². The van der Waals surface area contributed by atoms with Gasteiger partial charge in [0.25, 0.3) is 0 Å². The van der Waals surface area contributed by atoms with Crippen LogP contribution in [0.25, 0.3) is 0 Å². The van der Waals surface area contributed by atoms with Crippen molar-refractivity contribution in [2.45, 2.75) is 19.3 Å². The molecule has 2 N–H and O–H groups in total. The van der Waals surface area contributed by atoms with Crippen molar-refractivity contribution in [1.82, 2.24) is 4.90 Å². The van der Waals surface area contributed by atoms with Crippen molar-refractivity contribution in [1.29, 1.82) is 0 Å². The van der Waals surface area contributed by atoms with Gasteiger partial charge >= 0.3 is 12.4 Å². The number of alkyl halides is 3. The minimum atomic E-state index is -4.74. The third-order valence-electron chi connectivity index (χ3n) is 4.02. The van der Waals surface area contributed by atoms with Crippen LogP contribution < -0.4 is 15.4 Å². The molecule has 0 aliphatic carbocycles. The molecule has 0 unspecified atom stereocenters. The zero-order valence-corrected chi connectivity index (χ0v) is 13.9. The molecule has 5 nitrogen and oxygen atoms in total. The number of nitrogens with zero attached hydrogens (tertiary/aromatic N) is 2. The van der Waals surface area contributed by atoms with Crippen LogP contribution in [0.1, 0.15) is 12.0 Å². The number of rotatable bonds is 4. The van der Waals surface area contributed by atoms with Gasteiger partial charge in [0.2, 0.25) is 0 Å². The van der Waals surface area contributed by atoms with Gasteiger partial charge in [-0.3, -0.25) is 4.90 Å². The number of halogens is 3. The number of benzene rings is 2. The van der Waals surface area contributed by atoms with Crippen LogP contribution in [0.3, 0.4) is 0 Å². The molecule has 1 aliphatic heterocycles. The van der Waals surface area contributed by atoms with E-state index in [4.69, 9.17) is 5.73 Å². The first kappa shape index (κ1) is 17.9.